The van der Waals surface area contributed by atoms with E-state index in [1.54, 1.807) is 19.0 Å². The Hall–Kier alpha value is -0.160. The molecule has 4 heteroatoms. The number of rotatable bonds is 4. The van der Waals surface area contributed by atoms with Gasteiger partial charge in [-0.2, -0.15) is 0 Å². The number of nitrogens with two attached hydrogens (primary N) is 1. The first-order chi connectivity index (χ1) is 4.63. The highest BCUT2D eigenvalue weighted by molar-refractivity contribution is 4.74. The van der Waals surface area contributed by atoms with E-state index in [4.69, 9.17) is 15.9 Å². The summed E-state index contributed by atoms with van der Waals surface area (Å²) in [4.78, 5) is 1.75. The third-order valence-corrected chi connectivity index (χ3v) is 1.54. The van der Waals surface area contributed by atoms with Crippen LogP contribution in [0.15, 0.2) is 0 Å². The van der Waals surface area contributed by atoms with Gasteiger partial charge in [0.25, 0.3) is 0 Å². The van der Waals surface area contributed by atoms with Gasteiger partial charge in [0.05, 0.1) is 18.8 Å². The number of hydrogen-bond donors (Lipinski definition) is 3. The van der Waals surface area contributed by atoms with Gasteiger partial charge < -0.3 is 20.8 Å². The van der Waals surface area contributed by atoms with Gasteiger partial charge in [-0.15, -0.1) is 0 Å². The fraction of sp³-hybridized carbons (Fsp3) is 1.00. The van der Waals surface area contributed by atoms with Gasteiger partial charge in [0.2, 0.25) is 0 Å². The summed E-state index contributed by atoms with van der Waals surface area (Å²) in [6.45, 7) is 0.120. The third-order valence-electron chi connectivity index (χ3n) is 1.54. The maximum atomic E-state index is 9.16. The maximum absolute atomic E-state index is 9.16. The van der Waals surface area contributed by atoms with Gasteiger partial charge in [-0.05, 0) is 14.1 Å². The Balaban J connectivity index is 3.80. The molecule has 0 radical (unpaired) electrons. The van der Waals surface area contributed by atoms with E-state index in [2.05, 4.69) is 0 Å². The first-order valence-electron chi connectivity index (χ1n) is 3.29. The summed E-state index contributed by atoms with van der Waals surface area (Å²) in [6, 6.07) is -0.245. The van der Waals surface area contributed by atoms with Gasteiger partial charge in [0, 0.05) is 6.54 Å². The second-order valence-corrected chi connectivity index (χ2v) is 2.52. The number of hydrogen-bond acceptors (Lipinski definition) is 4. The number of aliphatic hydroxyl groups excluding tert-OH is 2. The van der Waals surface area contributed by atoms with Crippen LogP contribution in [0.1, 0.15) is 0 Å². The molecule has 4 N–H and O–H groups in total. The van der Waals surface area contributed by atoms with Crippen LogP contribution >= 0.6 is 0 Å². The zero-order chi connectivity index (χ0) is 8.15. The molecule has 0 aliphatic rings. The van der Waals surface area contributed by atoms with Gasteiger partial charge in [-0.3, -0.25) is 0 Å². The Morgan fingerprint density at radius 1 is 1.50 bits per heavy atom. The molecular formula is C6H16N2O2. The zero-order valence-corrected chi connectivity index (χ0v) is 6.49. The predicted octanol–water partition coefficient (Wildman–Crippen LogP) is -1.77. The van der Waals surface area contributed by atoms with Crippen molar-refractivity contribution in [3.8, 4) is 0 Å². The molecule has 2 unspecified atom stereocenters. The molecule has 10 heavy (non-hydrogen) atoms. The quantitative estimate of drug-likeness (QED) is 0.441. The molecule has 0 aromatic rings. The summed E-state index contributed by atoms with van der Waals surface area (Å²) in [7, 11) is 3.58. The Morgan fingerprint density at radius 2 is 2.00 bits per heavy atom. The van der Waals surface area contributed by atoms with Gasteiger partial charge >= 0.3 is 0 Å². The lowest BCUT2D eigenvalue weighted by molar-refractivity contribution is 0.0452. The normalized spacial score (nSPS) is 17.4. The Kier molecular flexibility index (Phi) is 4.55. The highest BCUT2D eigenvalue weighted by Gasteiger charge is 2.18. The summed E-state index contributed by atoms with van der Waals surface area (Å²) in [5, 5.41) is 17.9. The summed E-state index contributed by atoms with van der Waals surface area (Å²) in [5.74, 6) is 0. The van der Waals surface area contributed by atoms with Crippen LogP contribution in [0.25, 0.3) is 0 Å². The molecule has 0 saturated heterocycles. The van der Waals surface area contributed by atoms with E-state index in [1.807, 2.05) is 0 Å². The van der Waals surface area contributed by atoms with Crippen molar-refractivity contribution in [2.24, 2.45) is 5.73 Å². The molecule has 0 aliphatic heterocycles. The summed E-state index contributed by atoms with van der Waals surface area (Å²) in [6.07, 6.45) is -0.639. The van der Waals surface area contributed by atoms with Crippen molar-refractivity contribution in [2.45, 2.75) is 12.1 Å². The Labute approximate surface area is 61.3 Å². The number of nitrogens with zero attached hydrogens (tertiary/aromatic N) is 1. The second-order valence-electron chi connectivity index (χ2n) is 2.52. The minimum absolute atomic E-state index is 0.0641. The molecule has 0 bridgehead atoms. The van der Waals surface area contributed by atoms with E-state index in [0.29, 0.717) is 0 Å². The van der Waals surface area contributed by atoms with Crippen LogP contribution in [-0.2, 0) is 0 Å². The topological polar surface area (TPSA) is 69.7 Å². The standard InChI is InChI=1S/C6H16N2O2/c1-8(2)5(4-9)6(10)3-7/h5-6,9-10H,3-4,7H2,1-2H3. The monoisotopic (exact) mass is 148 g/mol. The van der Waals surface area contributed by atoms with Gasteiger partial charge in [0.15, 0.2) is 0 Å². The summed E-state index contributed by atoms with van der Waals surface area (Å²) < 4.78 is 0. The van der Waals surface area contributed by atoms with Crippen LogP contribution in [0.5, 0.6) is 0 Å². The fourth-order valence-electron chi connectivity index (χ4n) is 0.786. The van der Waals surface area contributed by atoms with Crippen LogP contribution in [0, 0.1) is 0 Å². The lowest BCUT2D eigenvalue weighted by Gasteiger charge is -2.25. The molecule has 0 heterocycles. The molecule has 0 saturated carbocycles. The number of likely N-dealkylation sites (N-methyl/N-ethyl adjacent to an activating group) is 1. The van der Waals surface area contributed by atoms with Gasteiger partial charge in [-0.25, -0.2) is 0 Å². The molecule has 0 fully saturated rings. The van der Waals surface area contributed by atoms with Crippen molar-refractivity contribution in [1.29, 1.82) is 0 Å². The van der Waals surface area contributed by atoms with Crippen LogP contribution in [0.4, 0.5) is 0 Å². The van der Waals surface area contributed by atoms with Crippen LogP contribution in [0.2, 0.25) is 0 Å². The van der Waals surface area contributed by atoms with E-state index in [9.17, 15) is 0 Å². The van der Waals surface area contributed by atoms with E-state index < -0.39 is 6.10 Å². The highest BCUT2D eigenvalue weighted by Crippen LogP contribution is 1.97. The van der Waals surface area contributed by atoms with Gasteiger partial charge in [-0.1, -0.05) is 0 Å². The zero-order valence-electron chi connectivity index (χ0n) is 6.49. The minimum atomic E-state index is -0.639. The molecule has 0 aliphatic carbocycles. The second kappa shape index (κ2) is 4.62. The summed E-state index contributed by atoms with van der Waals surface area (Å²) >= 11 is 0. The van der Waals surface area contributed by atoms with Crippen molar-refractivity contribution in [3.05, 3.63) is 0 Å². The smallest absolute Gasteiger partial charge is 0.0839 e. The Morgan fingerprint density at radius 3 is 2.10 bits per heavy atom. The molecule has 0 rings (SSSR count). The molecule has 0 aromatic heterocycles. The average Bonchev–Trinajstić information content (AvgIpc) is 1.88. The molecule has 0 spiro atoms. The summed E-state index contributed by atoms with van der Waals surface area (Å²) in [5.41, 5.74) is 5.20. The maximum Gasteiger partial charge on any atom is 0.0839 e. The molecule has 0 amide bonds. The van der Waals surface area contributed by atoms with E-state index in [-0.39, 0.29) is 19.2 Å². The molecule has 4 nitrogen and oxygen atoms in total. The molecule has 2 atom stereocenters. The van der Waals surface area contributed by atoms with E-state index in [1.165, 1.54) is 0 Å². The molecule has 62 valence electrons. The lowest BCUT2D eigenvalue weighted by Crippen LogP contribution is -2.45. The molecular weight excluding hydrogens is 132 g/mol. The fourth-order valence-corrected chi connectivity index (χ4v) is 0.786. The number of aliphatic hydroxyl groups is 2. The molecule has 0 aromatic carbocycles. The SMILES string of the molecule is CN(C)C(CO)C(O)CN. The Bertz CT molecular complexity index is 87.8. The lowest BCUT2D eigenvalue weighted by atomic mass is 10.1. The van der Waals surface area contributed by atoms with Crippen LogP contribution in [-0.4, -0.2) is 54.5 Å². The van der Waals surface area contributed by atoms with Crippen molar-refractivity contribution >= 4 is 0 Å². The predicted molar refractivity (Wildman–Crippen MR) is 39.6 cm³/mol. The third kappa shape index (κ3) is 2.62. The van der Waals surface area contributed by atoms with Crippen molar-refractivity contribution in [2.75, 3.05) is 27.2 Å². The average molecular weight is 148 g/mol. The van der Waals surface area contributed by atoms with E-state index in [0.717, 1.165) is 0 Å². The van der Waals surface area contributed by atoms with Crippen molar-refractivity contribution in [1.82, 2.24) is 4.90 Å². The first-order valence-corrected chi connectivity index (χ1v) is 3.29. The van der Waals surface area contributed by atoms with Crippen LogP contribution in [0.3, 0.4) is 0 Å². The van der Waals surface area contributed by atoms with Crippen molar-refractivity contribution in [3.63, 3.8) is 0 Å². The van der Waals surface area contributed by atoms with E-state index >= 15 is 0 Å². The van der Waals surface area contributed by atoms with Crippen LogP contribution < -0.4 is 5.73 Å². The van der Waals surface area contributed by atoms with Gasteiger partial charge in [0.1, 0.15) is 0 Å². The minimum Gasteiger partial charge on any atom is -0.395 e. The van der Waals surface area contributed by atoms with Crippen molar-refractivity contribution < 1.29 is 10.2 Å². The largest absolute Gasteiger partial charge is 0.395 e. The highest BCUT2D eigenvalue weighted by atomic mass is 16.3. The first kappa shape index (κ1) is 9.84.